The molecule has 0 fully saturated rings. The molecular weight excluding hydrogens is 475 g/mol. The van der Waals surface area contributed by atoms with Gasteiger partial charge in [-0.3, -0.25) is 4.72 Å². The summed E-state index contributed by atoms with van der Waals surface area (Å²) in [5, 5.41) is 8.38. The lowest BCUT2D eigenvalue weighted by Crippen LogP contribution is -2.13. The van der Waals surface area contributed by atoms with Crippen molar-refractivity contribution in [1.29, 1.82) is 0 Å². The minimum absolute atomic E-state index is 0.0531. The molecule has 4 rings (SSSR count). The van der Waals surface area contributed by atoms with E-state index in [9.17, 15) is 12.8 Å². The molecular formula is C20H20BrFN4O3S. The van der Waals surface area contributed by atoms with Crippen molar-refractivity contribution in [3.63, 3.8) is 0 Å². The molecule has 158 valence electrons. The van der Waals surface area contributed by atoms with E-state index < -0.39 is 15.8 Å². The maximum atomic E-state index is 14.6. The van der Waals surface area contributed by atoms with Crippen LogP contribution in [0.25, 0.3) is 11.4 Å². The SMILES string of the molecule is COc1ccc(S(=O)(=O)Nc2ccc(F)c(-c3nnc4n3CCCCC4)c2)cc1Br. The lowest BCUT2D eigenvalue weighted by Gasteiger charge is -2.12. The number of hydrogen-bond acceptors (Lipinski definition) is 5. The first-order valence-electron chi connectivity index (χ1n) is 9.47. The number of sulfonamides is 1. The number of rotatable bonds is 5. The summed E-state index contributed by atoms with van der Waals surface area (Å²) in [7, 11) is -2.39. The van der Waals surface area contributed by atoms with Gasteiger partial charge in [-0.05, 0) is 65.2 Å². The molecule has 0 unspecified atom stereocenters. The Morgan fingerprint density at radius 3 is 2.73 bits per heavy atom. The fourth-order valence-electron chi connectivity index (χ4n) is 3.47. The first kappa shape index (κ1) is 20.8. The summed E-state index contributed by atoms with van der Waals surface area (Å²) in [5.41, 5.74) is 0.455. The number of hydrogen-bond donors (Lipinski definition) is 1. The molecule has 0 saturated heterocycles. The van der Waals surface area contributed by atoms with Gasteiger partial charge in [-0.15, -0.1) is 10.2 Å². The normalized spacial score (nSPS) is 14.1. The molecule has 1 aliphatic rings. The molecule has 0 radical (unpaired) electrons. The summed E-state index contributed by atoms with van der Waals surface area (Å²) >= 11 is 3.29. The number of aryl methyl sites for hydroxylation is 1. The molecule has 3 aromatic rings. The van der Waals surface area contributed by atoms with E-state index in [1.165, 1.54) is 37.4 Å². The van der Waals surface area contributed by atoms with Gasteiger partial charge in [-0.25, -0.2) is 12.8 Å². The first-order valence-corrected chi connectivity index (χ1v) is 11.7. The van der Waals surface area contributed by atoms with Crippen LogP contribution < -0.4 is 9.46 Å². The zero-order valence-electron chi connectivity index (χ0n) is 16.2. The summed E-state index contributed by atoms with van der Waals surface area (Å²) in [6, 6.07) is 8.51. The highest BCUT2D eigenvalue weighted by Gasteiger charge is 2.21. The van der Waals surface area contributed by atoms with Crippen LogP contribution in [0, 0.1) is 5.82 Å². The van der Waals surface area contributed by atoms with Crippen molar-refractivity contribution < 1.29 is 17.5 Å². The Labute approximate surface area is 182 Å². The van der Waals surface area contributed by atoms with Crippen LogP contribution in [0.3, 0.4) is 0 Å². The second-order valence-electron chi connectivity index (χ2n) is 7.00. The van der Waals surface area contributed by atoms with Crippen molar-refractivity contribution in [2.24, 2.45) is 0 Å². The number of anilines is 1. The quantitative estimate of drug-likeness (QED) is 0.568. The Hall–Kier alpha value is -2.46. The molecule has 2 heterocycles. The van der Waals surface area contributed by atoms with E-state index in [0.717, 1.165) is 31.5 Å². The second-order valence-corrected chi connectivity index (χ2v) is 9.54. The van der Waals surface area contributed by atoms with Gasteiger partial charge in [-0.2, -0.15) is 0 Å². The van der Waals surface area contributed by atoms with Crippen LogP contribution in [0.5, 0.6) is 5.75 Å². The zero-order chi connectivity index (χ0) is 21.3. The van der Waals surface area contributed by atoms with Gasteiger partial charge in [0.05, 0.1) is 22.0 Å². The third-order valence-electron chi connectivity index (χ3n) is 5.00. The van der Waals surface area contributed by atoms with Crippen LogP contribution in [-0.4, -0.2) is 30.3 Å². The van der Waals surface area contributed by atoms with Gasteiger partial charge < -0.3 is 9.30 Å². The summed E-state index contributed by atoms with van der Waals surface area (Å²) in [4.78, 5) is 0.0531. The number of ether oxygens (including phenoxy) is 1. The van der Waals surface area contributed by atoms with Crippen LogP contribution in [-0.2, 0) is 23.0 Å². The predicted octanol–water partition coefficient (Wildman–Crippen LogP) is 4.38. The molecule has 0 spiro atoms. The van der Waals surface area contributed by atoms with E-state index in [1.807, 2.05) is 4.57 Å². The number of nitrogens with zero attached hydrogens (tertiary/aromatic N) is 3. The molecule has 7 nitrogen and oxygen atoms in total. The highest BCUT2D eigenvalue weighted by Crippen LogP contribution is 2.30. The molecule has 1 aliphatic heterocycles. The number of fused-ring (bicyclic) bond motifs is 1. The Balaban J connectivity index is 1.67. The van der Waals surface area contributed by atoms with Gasteiger partial charge in [0.2, 0.25) is 0 Å². The lowest BCUT2D eigenvalue weighted by atomic mass is 10.1. The van der Waals surface area contributed by atoms with E-state index in [4.69, 9.17) is 4.74 Å². The first-order chi connectivity index (χ1) is 14.4. The molecule has 10 heteroatoms. The fourth-order valence-corrected chi connectivity index (χ4v) is 5.24. The van der Waals surface area contributed by atoms with Crippen LogP contribution >= 0.6 is 15.9 Å². The Kier molecular flexibility index (Phi) is 5.79. The van der Waals surface area contributed by atoms with Crippen LogP contribution in [0.2, 0.25) is 0 Å². The monoisotopic (exact) mass is 494 g/mol. The van der Waals surface area contributed by atoms with Crippen LogP contribution in [0.1, 0.15) is 25.1 Å². The van der Waals surface area contributed by atoms with Gasteiger partial charge in [0.15, 0.2) is 5.82 Å². The van der Waals surface area contributed by atoms with Gasteiger partial charge in [0.1, 0.15) is 17.4 Å². The van der Waals surface area contributed by atoms with Crippen LogP contribution in [0.4, 0.5) is 10.1 Å². The highest BCUT2D eigenvalue weighted by molar-refractivity contribution is 9.10. The lowest BCUT2D eigenvalue weighted by molar-refractivity contribution is 0.411. The Morgan fingerprint density at radius 2 is 1.97 bits per heavy atom. The molecule has 30 heavy (non-hydrogen) atoms. The predicted molar refractivity (Wildman–Crippen MR) is 114 cm³/mol. The number of halogens is 2. The average Bonchev–Trinajstić information content (AvgIpc) is 2.96. The van der Waals surface area contributed by atoms with E-state index in [1.54, 1.807) is 6.07 Å². The van der Waals surface area contributed by atoms with Gasteiger partial charge in [0, 0.05) is 18.7 Å². The Morgan fingerprint density at radius 1 is 1.13 bits per heavy atom. The highest BCUT2D eigenvalue weighted by atomic mass is 79.9. The average molecular weight is 495 g/mol. The standard InChI is InChI=1S/C20H20BrFN4O3S/c1-29-18-9-7-14(12-16(18)21)30(27,28)25-13-6-8-17(22)15(11-13)20-24-23-19-5-3-2-4-10-26(19)20/h6-9,11-12,25H,2-5,10H2,1H3. The van der Waals surface area contributed by atoms with Crippen molar-refractivity contribution in [2.45, 2.75) is 37.1 Å². The van der Waals surface area contributed by atoms with Crippen LogP contribution in [0.15, 0.2) is 45.8 Å². The van der Waals surface area contributed by atoms with E-state index >= 15 is 0 Å². The molecule has 0 saturated carbocycles. The second kappa shape index (κ2) is 8.35. The van der Waals surface area contributed by atoms with E-state index in [2.05, 4.69) is 30.8 Å². The largest absolute Gasteiger partial charge is 0.496 e. The van der Waals surface area contributed by atoms with Crippen molar-refractivity contribution in [2.75, 3.05) is 11.8 Å². The molecule has 0 aliphatic carbocycles. The van der Waals surface area contributed by atoms with E-state index in [0.29, 0.717) is 22.6 Å². The molecule has 0 atom stereocenters. The van der Waals surface area contributed by atoms with Gasteiger partial charge in [0.25, 0.3) is 10.0 Å². The minimum atomic E-state index is -3.88. The van der Waals surface area contributed by atoms with E-state index in [-0.39, 0.29) is 16.1 Å². The maximum absolute atomic E-state index is 14.6. The molecule has 1 N–H and O–H groups in total. The Bertz CT molecular complexity index is 1200. The summed E-state index contributed by atoms with van der Waals surface area (Å²) < 4.78 is 50.3. The molecule has 1 aromatic heterocycles. The van der Waals surface area contributed by atoms with Crippen molar-refractivity contribution in [3.05, 3.63) is 52.5 Å². The third kappa shape index (κ3) is 4.06. The van der Waals surface area contributed by atoms with Gasteiger partial charge in [-0.1, -0.05) is 6.42 Å². The smallest absolute Gasteiger partial charge is 0.261 e. The molecule has 0 amide bonds. The topological polar surface area (TPSA) is 86.1 Å². The third-order valence-corrected chi connectivity index (χ3v) is 7.00. The molecule has 2 aromatic carbocycles. The molecule has 0 bridgehead atoms. The van der Waals surface area contributed by atoms with Crippen molar-refractivity contribution in [1.82, 2.24) is 14.8 Å². The maximum Gasteiger partial charge on any atom is 0.261 e. The van der Waals surface area contributed by atoms with Gasteiger partial charge >= 0.3 is 0 Å². The minimum Gasteiger partial charge on any atom is -0.496 e. The number of nitrogens with one attached hydrogen (secondary N) is 1. The summed E-state index contributed by atoms with van der Waals surface area (Å²) in [5.74, 6) is 1.28. The fraction of sp³-hybridized carbons (Fsp3) is 0.300. The number of methoxy groups -OCH3 is 1. The summed E-state index contributed by atoms with van der Waals surface area (Å²) in [6.45, 7) is 0.715. The van der Waals surface area contributed by atoms with Crippen molar-refractivity contribution >= 4 is 31.6 Å². The zero-order valence-corrected chi connectivity index (χ0v) is 18.6. The number of aromatic nitrogens is 3. The van der Waals surface area contributed by atoms with Crippen molar-refractivity contribution in [3.8, 4) is 17.1 Å². The number of benzene rings is 2. The summed E-state index contributed by atoms with van der Waals surface area (Å²) in [6.07, 6.45) is 3.88.